The fourth-order valence-corrected chi connectivity index (χ4v) is 2.91. The molecule has 2 aromatic carbocycles. The van der Waals surface area contributed by atoms with Crippen LogP contribution in [-0.4, -0.2) is 39.8 Å². The van der Waals surface area contributed by atoms with E-state index in [1.807, 2.05) is 30.3 Å². The summed E-state index contributed by atoms with van der Waals surface area (Å²) < 4.78 is 1.05. The normalized spacial score (nSPS) is 10.3. The summed E-state index contributed by atoms with van der Waals surface area (Å²) in [6.07, 6.45) is 0. The lowest BCUT2D eigenvalue weighted by Gasteiger charge is -2.17. The largest absolute Gasteiger partial charge is 0.505 e. The Morgan fingerprint density at radius 2 is 1.65 bits per heavy atom. The number of para-hydroxylation sites is 1. The highest BCUT2D eigenvalue weighted by Crippen LogP contribution is 2.31. The number of hydrogen-bond acceptors (Lipinski definition) is 6. The minimum absolute atomic E-state index is 0.0330. The van der Waals surface area contributed by atoms with E-state index in [4.69, 9.17) is 0 Å². The molecule has 3 aromatic rings. The van der Waals surface area contributed by atoms with Gasteiger partial charge in [-0.25, -0.2) is 0 Å². The van der Waals surface area contributed by atoms with Crippen LogP contribution in [0.4, 0.5) is 17.1 Å². The molecule has 0 spiro atoms. The number of rotatable bonds is 6. The molecule has 1 heterocycles. The molecule has 0 radical (unpaired) electrons. The molecule has 3 rings (SSSR count). The van der Waals surface area contributed by atoms with Crippen LogP contribution in [0, 0.1) is 5.92 Å². The molecule has 0 aliphatic rings. The van der Waals surface area contributed by atoms with Crippen molar-refractivity contribution in [2.75, 3.05) is 24.7 Å². The van der Waals surface area contributed by atoms with Crippen molar-refractivity contribution in [1.82, 2.24) is 14.7 Å². The number of benzene rings is 2. The van der Waals surface area contributed by atoms with Gasteiger partial charge in [-0.3, -0.25) is 24.2 Å². The predicted octanol–water partition coefficient (Wildman–Crippen LogP) is 3.50. The first kappa shape index (κ1) is 26.2. The molecule has 0 aliphatic heterocycles. The average molecular weight is 468 g/mol. The molecule has 9 nitrogen and oxygen atoms in total. The molecular weight excluding hydrogens is 434 g/mol. The van der Waals surface area contributed by atoms with Crippen molar-refractivity contribution in [1.29, 1.82) is 0 Å². The van der Waals surface area contributed by atoms with Gasteiger partial charge in [-0.15, -0.1) is 0 Å². The molecule has 0 saturated carbocycles. The van der Waals surface area contributed by atoms with E-state index in [9.17, 15) is 19.5 Å². The fraction of sp³-hybridized carbons (Fsp3) is 0.320. The van der Waals surface area contributed by atoms with Gasteiger partial charge >= 0.3 is 0 Å². The van der Waals surface area contributed by atoms with Gasteiger partial charge in [0.05, 0.1) is 11.3 Å². The number of aromatic hydroxyl groups is 1. The van der Waals surface area contributed by atoms with E-state index >= 15 is 0 Å². The molecule has 34 heavy (non-hydrogen) atoms. The molecule has 1 aromatic heterocycles. The highest BCUT2D eigenvalue weighted by atomic mass is 16.3. The molecule has 0 bridgehead atoms. The number of aromatic nitrogens is 2. The number of nitrogens with one attached hydrogen (secondary N) is 3. The molecule has 0 atom stereocenters. The summed E-state index contributed by atoms with van der Waals surface area (Å²) in [6.45, 7) is 6.82. The SMILES string of the molecule is CC(C)C.CN(C)C(=O)c1cccc(Nc2c(NCc3ccccc3)c(=O)[nH]n(C)c2=O)c1O. The van der Waals surface area contributed by atoms with Crippen LogP contribution in [0.1, 0.15) is 36.7 Å². The summed E-state index contributed by atoms with van der Waals surface area (Å²) >= 11 is 0. The van der Waals surface area contributed by atoms with Gasteiger partial charge < -0.3 is 20.6 Å². The Hall–Kier alpha value is -4.01. The topological polar surface area (TPSA) is 119 Å². The van der Waals surface area contributed by atoms with E-state index in [-0.39, 0.29) is 28.4 Å². The van der Waals surface area contributed by atoms with Gasteiger partial charge in [0.25, 0.3) is 17.0 Å². The number of aryl methyl sites for hydroxylation is 1. The number of H-pyrrole nitrogens is 1. The highest BCUT2D eigenvalue weighted by molar-refractivity contribution is 5.98. The van der Waals surface area contributed by atoms with E-state index in [2.05, 4.69) is 36.5 Å². The fourth-order valence-electron chi connectivity index (χ4n) is 2.91. The van der Waals surface area contributed by atoms with Crippen molar-refractivity contribution in [3.05, 3.63) is 80.4 Å². The molecule has 0 saturated heterocycles. The lowest BCUT2D eigenvalue weighted by Crippen LogP contribution is -2.31. The maximum absolute atomic E-state index is 12.7. The van der Waals surface area contributed by atoms with Crippen LogP contribution in [0.2, 0.25) is 0 Å². The van der Waals surface area contributed by atoms with Crippen LogP contribution in [0.15, 0.2) is 58.1 Å². The summed E-state index contributed by atoms with van der Waals surface area (Å²) in [7, 11) is 4.56. The molecule has 1 amide bonds. The predicted molar refractivity (Wildman–Crippen MR) is 136 cm³/mol. The number of phenols is 1. The van der Waals surface area contributed by atoms with Crippen molar-refractivity contribution in [2.24, 2.45) is 13.0 Å². The molecule has 0 unspecified atom stereocenters. The zero-order valence-electron chi connectivity index (χ0n) is 20.5. The average Bonchev–Trinajstić information content (AvgIpc) is 2.78. The summed E-state index contributed by atoms with van der Waals surface area (Å²) in [6, 6.07) is 14.0. The second-order valence-corrected chi connectivity index (χ2v) is 8.65. The maximum atomic E-state index is 12.7. The number of nitrogens with zero attached hydrogens (tertiary/aromatic N) is 2. The van der Waals surface area contributed by atoms with Gasteiger partial charge in [0.1, 0.15) is 11.4 Å². The number of hydrogen-bond donors (Lipinski definition) is 4. The minimum Gasteiger partial charge on any atom is -0.505 e. The van der Waals surface area contributed by atoms with Crippen molar-refractivity contribution in [3.63, 3.8) is 0 Å². The maximum Gasteiger partial charge on any atom is 0.290 e. The summed E-state index contributed by atoms with van der Waals surface area (Å²) in [5.74, 6) is 0.130. The van der Waals surface area contributed by atoms with Crippen molar-refractivity contribution in [3.8, 4) is 5.75 Å². The third kappa shape index (κ3) is 6.74. The lowest BCUT2D eigenvalue weighted by molar-refractivity contribution is 0.0824. The van der Waals surface area contributed by atoms with Crippen molar-refractivity contribution < 1.29 is 9.90 Å². The van der Waals surface area contributed by atoms with Gasteiger partial charge in [0, 0.05) is 27.7 Å². The second-order valence-electron chi connectivity index (χ2n) is 8.65. The van der Waals surface area contributed by atoms with Gasteiger partial charge in [-0.05, 0) is 23.6 Å². The van der Waals surface area contributed by atoms with Crippen LogP contribution in [0.25, 0.3) is 0 Å². The first-order valence-corrected chi connectivity index (χ1v) is 10.9. The number of phenolic OH excluding ortho intramolecular Hbond substituents is 1. The number of anilines is 3. The molecule has 0 aliphatic carbocycles. The summed E-state index contributed by atoms with van der Waals surface area (Å²) in [5.41, 5.74) is 0.112. The number of amides is 1. The zero-order chi connectivity index (χ0) is 25.4. The Labute approximate surface area is 199 Å². The van der Waals surface area contributed by atoms with Crippen LogP contribution < -0.4 is 21.8 Å². The van der Waals surface area contributed by atoms with E-state index < -0.39 is 17.0 Å². The molecular formula is C25H33N5O4. The van der Waals surface area contributed by atoms with E-state index in [1.165, 1.54) is 24.1 Å². The third-order valence-corrected chi connectivity index (χ3v) is 4.51. The van der Waals surface area contributed by atoms with E-state index in [0.717, 1.165) is 16.2 Å². The van der Waals surface area contributed by atoms with E-state index in [0.29, 0.717) is 6.54 Å². The number of carbonyl (C=O) groups excluding carboxylic acids is 1. The standard InChI is InChI=1S/C21H23N5O4.C4H10/c1-25(2)20(29)14-10-7-11-15(18(14)27)23-17-16(19(28)24-26(3)21(17)30)22-12-13-8-5-4-6-9-13;1-4(2)3/h4-11,22-23,27H,12H2,1-3H3,(H,24,28);4H,1-3H3. The summed E-state index contributed by atoms with van der Waals surface area (Å²) in [5, 5.41) is 18.8. The monoisotopic (exact) mass is 467 g/mol. The smallest absolute Gasteiger partial charge is 0.290 e. The lowest BCUT2D eigenvalue weighted by atomic mass is 10.1. The van der Waals surface area contributed by atoms with E-state index in [1.54, 1.807) is 20.2 Å². The Morgan fingerprint density at radius 1 is 1.03 bits per heavy atom. The Bertz CT molecular complexity index is 1230. The minimum atomic E-state index is -0.506. The van der Waals surface area contributed by atoms with Crippen LogP contribution in [0.5, 0.6) is 5.75 Å². The molecule has 4 N–H and O–H groups in total. The van der Waals surface area contributed by atoms with Gasteiger partial charge in [-0.1, -0.05) is 57.2 Å². The van der Waals surface area contributed by atoms with Gasteiger partial charge in [0.2, 0.25) is 0 Å². The Balaban J connectivity index is 0.000000945. The second kappa shape index (κ2) is 11.7. The third-order valence-electron chi connectivity index (χ3n) is 4.51. The quantitative estimate of drug-likeness (QED) is 0.412. The molecule has 0 fully saturated rings. The van der Waals surface area contributed by atoms with Gasteiger partial charge in [0.15, 0.2) is 5.75 Å². The Kier molecular flexibility index (Phi) is 9.06. The van der Waals surface area contributed by atoms with Crippen LogP contribution in [0.3, 0.4) is 0 Å². The van der Waals surface area contributed by atoms with Crippen molar-refractivity contribution >= 4 is 23.0 Å². The van der Waals surface area contributed by atoms with Crippen LogP contribution >= 0.6 is 0 Å². The van der Waals surface area contributed by atoms with Crippen LogP contribution in [-0.2, 0) is 13.6 Å². The molecule has 9 heteroatoms. The number of aromatic amines is 1. The summed E-state index contributed by atoms with van der Waals surface area (Å²) in [4.78, 5) is 38.9. The first-order valence-electron chi connectivity index (χ1n) is 10.9. The molecule has 182 valence electrons. The number of carbonyl (C=O) groups is 1. The first-order chi connectivity index (χ1) is 16.0. The van der Waals surface area contributed by atoms with Gasteiger partial charge in [-0.2, -0.15) is 0 Å². The highest BCUT2D eigenvalue weighted by Gasteiger charge is 2.19. The Morgan fingerprint density at radius 3 is 2.24 bits per heavy atom. The zero-order valence-corrected chi connectivity index (χ0v) is 20.5. The van der Waals surface area contributed by atoms with Crippen molar-refractivity contribution in [2.45, 2.75) is 27.3 Å².